The lowest BCUT2D eigenvalue weighted by Gasteiger charge is -2.37. The third kappa shape index (κ3) is 2.49. The molecule has 0 spiro atoms. The summed E-state index contributed by atoms with van der Waals surface area (Å²) in [6.07, 6.45) is 2.46. The molecule has 1 fully saturated rings. The van der Waals surface area contributed by atoms with Crippen LogP contribution in [0.25, 0.3) is 0 Å². The lowest BCUT2D eigenvalue weighted by Crippen LogP contribution is -2.39. The second kappa shape index (κ2) is 5.12. The van der Waals surface area contributed by atoms with Crippen molar-refractivity contribution in [1.82, 2.24) is 4.37 Å². The van der Waals surface area contributed by atoms with Crippen molar-refractivity contribution in [2.24, 2.45) is 5.92 Å². The SMILES string of the molecule is CCOc1c(N)nsc1N1CCC(C)CC1C. The molecule has 1 aromatic rings. The van der Waals surface area contributed by atoms with E-state index in [1.165, 1.54) is 24.4 Å². The monoisotopic (exact) mass is 255 g/mol. The Bertz CT molecular complexity index is 380. The van der Waals surface area contributed by atoms with E-state index in [-0.39, 0.29) is 0 Å². The molecule has 0 aliphatic carbocycles. The molecule has 2 heterocycles. The van der Waals surface area contributed by atoms with Crippen molar-refractivity contribution < 1.29 is 4.74 Å². The third-order valence-corrected chi connectivity index (χ3v) is 4.23. The zero-order chi connectivity index (χ0) is 12.4. The standard InChI is InChI=1S/C12H21N3OS/c1-4-16-10-11(13)14-17-12(10)15-6-5-8(2)7-9(15)3/h8-9H,4-7H2,1-3H3,(H2,13,14). The van der Waals surface area contributed by atoms with Gasteiger partial charge in [0.05, 0.1) is 6.61 Å². The van der Waals surface area contributed by atoms with E-state index >= 15 is 0 Å². The summed E-state index contributed by atoms with van der Waals surface area (Å²) in [5, 5.41) is 1.10. The predicted molar refractivity (Wildman–Crippen MR) is 72.9 cm³/mol. The first-order chi connectivity index (χ1) is 8.13. The van der Waals surface area contributed by atoms with Crippen LogP contribution in [0.2, 0.25) is 0 Å². The molecule has 17 heavy (non-hydrogen) atoms. The maximum Gasteiger partial charge on any atom is 0.197 e. The van der Waals surface area contributed by atoms with Crippen molar-refractivity contribution in [3.8, 4) is 5.75 Å². The maximum atomic E-state index is 5.85. The maximum absolute atomic E-state index is 5.85. The first kappa shape index (κ1) is 12.5. The van der Waals surface area contributed by atoms with Gasteiger partial charge in [-0.2, -0.15) is 4.37 Å². The Balaban J connectivity index is 2.21. The zero-order valence-corrected chi connectivity index (χ0v) is 11.6. The van der Waals surface area contributed by atoms with Crippen LogP contribution in [0.1, 0.15) is 33.6 Å². The molecular formula is C12H21N3OS. The molecular weight excluding hydrogens is 234 g/mol. The number of hydrogen-bond donors (Lipinski definition) is 1. The van der Waals surface area contributed by atoms with E-state index in [9.17, 15) is 0 Å². The first-order valence-electron chi connectivity index (χ1n) is 6.28. The van der Waals surface area contributed by atoms with Gasteiger partial charge in [-0.25, -0.2) is 0 Å². The molecule has 0 radical (unpaired) electrons. The van der Waals surface area contributed by atoms with E-state index < -0.39 is 0 Å². The summed E-state index contributed by atoms with van der Waals surface area (Å²) < 4.78 is 9.83. The van der Waals surface area contributed by atoms with Crippen LogP contribution >= 0.6 is 11.5 Å². The topological polar surface area (TPSA) is 51.4 Å². The van der Waals surface area contributed by atoms with E-state index in [2.05, 4.69) is 23.1 Å². The number of nitrogen functional groups attached to an aromatic ring is 1. The summed E-state index contributed by atoms with van der Waals surface area (Å²) >= 11 is 1.45. The van der Waals surface area contributed by atoms with Gasteiger partial charge in [0.2, 0.25) is 0 Å². The Morgan fingerprint density at radius 2 is 2.29 bits per heavy atom. The second-order valence-electron chi connectivity index (χ2n) is 4.81. The van der Waals surface area contributed by atoms with Gasteiger partial charge in [0, 0.05) is 12.6 Å². The average Bonchev–Trinajstić information content (AvgIpc) is 2.62. The predicted octanol–water partition coefficient (Wildman–Crippen LogP) is 2.75. The fourth-order valence-electron chi connectivity index (χ4n) is 2.46. The summed E-state index contributed by atoms with van der Waals surface area (Å²) in [7, 11) is 0. The van der Waals surface area contributed by atoms with Gasteiger partial charge in [-0.3, -0.25) is 0 Å². The highest BCUT2D eigenvalue weighted by Gasteiger charge is 2.27. The number of anilines is 2. The largest absolute Gasteiger partial charge is 0.487 e. The van der Waals surface area contributed by atoms with Crippen LogP contribution in [-0.2, 0) is 0 Å². The highest BCUT2D eigenvalue weighted by Crippen LogP contribution is 2.41. The lowest BCUT2D eigenvalue weighted by molar-refractivity contribution is 0.336. The van der Waals surface area contributed by atoms with Crippen molar-refractivity contribution in [3.63, 3.8) is 0 Å². The molecule has 5 heteroatoms. The van der Waals surface area contributed by atoms with Crippen LogP contribution < -0.4 is 15.4 Å². The van der Waals surface area contributed by atoms with Gasteiger partial charge in [0.15, 0.2) is 16.6 Å². The highest BCUT2D eigenvalue weighted by molar-refractivity contribution is 7.11. The Morgan fingerprint density at radius 1 is 1.53 bits per heavy atom. The average molecular weight is 255 g/mol. The number of nitrogens with two attached hydrogens (primary N) is 1. The number of ether oxygens (including phenoxy) is 1. The van der Waals surface area contributed by atoms with E-state index in [4.69, 9.17) is 10.5 Å². The van der Waals surface area contributed by atoms with Crippen LogP contribution in [0, 0.1) is 5.92 Å². The summed E-state index contributed by atoms with van der Waals surface area (Å²) in [6.45, 7) is 8.26. The van der Waals surface area contributed by atoms with Crippen molar-refractivity contribution in [2.75, 3.05) is 23.8 Å². The zero-order valence-electron chi connectivity index (χ0n) is 10.8. The van der Waals surface area contributed by atoms with E-state index in [0.29, 0.717) is 18.5 Å². The molecule has 0 saturated carbocycles. The molecule has 2 rings (SSSR count). The number of nitrogens with zero attached hydrogens (tertiary/aromatic N) is 2. The van der Waals surface area contributed by atoms with Gasteiger partial charge in [-0.15, -0.1) is 0 Å². The number of aromatic nitrogens is 1. The van der Waals surface area contributed by atoms with Gasteiger partial charge in [0.25, 0.3) is 0 Å². The molecule has 2 unspecified atom stereocenters. The third-order valence-electron chi connectivity index (χ3n) is 3.35. The quantitative estimate of drug-likeness (QED) is 0.902. The normalized spacial score (nSPS) is 25.0. The van der Waals surface area contributed by atoms with E-state index in [0.717, 1.165) is 23.2 Å². The van der Waals surface area contributed by atoms with Crippen molar-refractivity contribution in [1.29, 1.82) is 0 Å². The fourth-order valence-corrected chi connectivity index (χ4v) is 3.35. The minimum atomic E-state index is 0.526. The minimum Gasteiger partial charge on any atom is -0.487 e. The molecule has 4 nitrogen and oxygen atoms in total. The van der Waals surface area contributed by atoms with Gasteiger partial charge in [-0.05, 0) is 44.1 Å². The molecule has 0 amide bonds. The molecule has 96 valence electrons. The second-order valence-corrected chi connectivity index (χ2v) is 5.56. The smallest absolute Gasteiger partial charge is 0.197 e. The van der Waals surface area contributed by atoms with Crippen LogP contribution in [0.3, 0.4) is 0 Å². The molecule has 1 aromatic heterocycles. The van der Waals surface area contributed by atoms with Crippen LogP contribution in [0.5, 0.6) is 5.75 Å². The fraction of sp³-hybridized carbons (Fsp3) is 0.750. The van der Waals surface area contributed by atoms with Gasteiger partial charge in [-0.1, -0.05) is 6.92 Å². The lowest BCUT2D eigenvalue weighted by atomic mass is 9.94. The summed E-state index contributed by atoms with van der Waals surface area (Å²) in [5.41, 5.74) is 5.85. The van der Waals surface area contributed by atoms with Gasteiger partial charge >= 0.3 is 0 Å². The molecule has 2 N–H and O–H groups in total. The Labute approximate surface area is 107 Å². The Hall–Kier alpha value is -0.970. The van der Waals surface area contributed by atoms with E-state index in [1.807, 2.05) is 6.92 Å². The van der Waals surface area contributed by atoms with Crippen LogP contribution in [0.15, 0.2) is 0 Å². The molecule has 1 aliphatic rings. The molecule has 1 saturated heterocycles. The van der Waals surface area contributed by atoms with Crippen LogP contribution in [0.4, 0.5) is 10.8 Å². The molecule has 1 aliphatic heterocycles. The number of piperidine rings is 1. The first-order valence-corrected chi connectivity index (χ1v) is 7.05. The van der Waals surface area contributed by atoms with Crippen molar-refractivity contribution in [2.45, 2.75) is 39.7 Å². The summed E-state index contributed by atoms with van der Waals surface area (Å²) in [5.74, 6) is 2.11. The summed E-state index contributed by atoms with van der Waals surface area (Å²) in [6, 6.07) is 0.540. The molecule has 0 aromatic carbocycles. The van der Waals surface area contributed by atoms with Crippen molar-refractivity contribution >= 4 is 22.4 Å². The minimum absolute atomic E-state index is 0.526. The highest BCUT2D eigenvalue weighted by atomic mass is 32.1. The number of hydrogen-bond acceptors (Lipinski definition) is 5. The van der Waals surface area contributed by atoms with Gasteiger partial charge < -0.3 is 15.4 Å². The van der Waals surface area contributed by atoms with Crippen molar-refractivity contribution in [3.05, 3.63) is 0 Å². The Morgan fingerprint density at radius 3 is 2.94 bits per heavy atom. The summed E-state index contributed by atoms with van der Waals surface area (Å²) in [4.78, 5) is 2.39. The number of rotatable bonds is 3. The molecule has 2 atom stereocenters. The van der Waals surface area contributed by atoms with Crippen LogP contribution in [-0.4, -0.2) is 23.6 Å². The molecule has 0 bridgehead atoms. The van der Waals surface area contributed by atoms with E-state index in [1.54, 1.807) is 0 Å². The Kier molecular flexibility index (Phi) is 3.76. The van der Waals surface area contributed by atoms with Gasteiger partial charge in [0.1, 0.15) is 0 Å².